The molecule has 5 nitrogen and oxygen atoms in total. The van der Waals surface area contributed by atoms with Crippen molar-refractivity contribution >= 4 is 35.2 Å². The smallest absolute Gasteiger partial charge is 0.250 e. The predicted octanol–water partition coefficient (Wildman–Crippen LogP) is 4.31. The van der Waals surface area contributed by atoms with Crippen LogP contribution in [0.2, 0.25) is 5.02 Å². The van der Waals surface area contributed by atoms with E-state index in [1.807, 2.05) is 48.8 Å². The maximum Gasteiger partial charge on any atom is 0.250 e. The molecule has 1 heterocycles. The molecule has 0 atom stereocenters. The van der Waals surface area contributed by atoms with Gasteiger partial charge in [0, 0.05) is 23.4 Å². The Balaban J connectivity index is 2.06. The van der Waals surface area contributed by atoms with Crippen molar-refractivity contribution in [2.45, 2.75) is 31.3 Å². The Labute approximate surface area is 150 Å². The van der Waals surface area contributed by atoms with Crippen molar-refractivity contribution in [1.82, 2.24) is 14.8 Å². The molecule has 2 rings (SSSR count). The molecule has 0 aliphatic carbocycles. The molecule has 0 spiro atoms. The minimum Gasteiger partial charge on any atom is -0.291 e. The van der Waals surface area contributed by atoms with Crippen molar-refractivity contribution in [1.29, 1.82) is 0 Å². The fourth-order valence-corrected chi connectivity index (χ4v) is 3.22. The summed E-state index contributed by atoms with van der Waals surface area (Å²) in [5.41, 5.74) is 1.04. The molecule has 0 aliphatic heterocycles. The van der Waals surface area contributed by atoms with Crippen LogP contribution in [0.1, 0.15) is 19.4 Å². The van der Waals surface area contributed by atoms with E-state index in [1.165, 1.54) is 17.8 Å². The normalized spacial score (nSPS) is 11.5. The van der Waals surface area contributed by atoms with Crippen LogP contribution in [0.4, 0.5) is 5.95 Å². The number of hydrogen-bond donors (Lipinski definition) is 1. The van der Waals surface area contributed by atoms with Crippen molar-refractivity contribution in [3.05, 3.63) is 59.2 Å². The van der Waals surface area contributed by atoms with Gasteiger partial charge in [-0.25, -0.2) is 0 Å². The molecule has 126 valence electrons. The standard InChI is InChI=1S/C17H19ClN4OS/c1-3-5-6-11-15(23)19-16-20-21-17(22(16)4-2)24-12-13-9-7-8-10-14(13)18/h3,5-11H,4,12H2,1-2H3,(H,19,20,23)/b5-3+,11-6+. The molecule has 1 amide bonds. The molecule has 0 saturated carbocycles. The van der Waals surface area contributed by atoms with E-state index in [-0.39, 0.29) is 5.91 Å². The molecular formula is C17H19ClN4OS. The van der Waals surface area contributed by atoms with Crippen LogP contribution in [0.15, 0.2) is 53.7 Å². The van der Waals surface area contributed by atoms with E-state index in [4.69, 9.17) is 11.6 Å². The zero-order valence-corrected chi connectivity index (χ0v) is 15.1. The minimum absolute atomic E-state index is 0.238. The highest BCUT2D eigenvalue weighted by Gasteiger charge is 2.13. The number of aromatic nitrogens is 3. The number of rotatable bonds is 7. The maximum atomic E-state index is 11.9. The Hall–Kier alpha value is -2.05. The lowest BCUT2D eigenvalue weighted by Gasteiger charge is -2.07. The SMILES string of the molecule is C/C=C/C=C/C(=O)Nc1nnc(SCc2ccccc2Cl)n1CC. The average Bonchev–Trinajstić information content (AvgIpc) is 2.96. The van der Waals surface area contributed by atoms with E-state index < -0.39 is 0 Å². The molecular weight excluding hydrogens is 344 g/mol. The Bertz CT molecular complexity index is 755. The lowest BCUT2D eigenvalue weighted by atomic mass is 10.2. The van der Waals surface area contributed by atoms with E-state index >= 15 is 0 Å². The fraction of sp³-hybridized carbons (Fsp3) is 0.235. The van der Waals surface area contributed by atoms with Crippen molar-refractivity contribution < 1.29 is 4.79 Å². The number of hydrogen-bond acceptors (Lipinski definition) is 4. The van der Waals surface area contributed by atoms with E-state index in [9.17, 15) is 4.79 Å². The van der Waals surface area contributed by atoms with Crippen molar-refractivity contribution in [2.75, 3.05) is 5.32 Å². The third kappa shape index (κ3) is 4.97. The zero-order valence-electron chi connectivity index (χ0n) is 13.6. The topological polar surface area (TPSA) is 59.8 Å². The summed E-state index contributed by atoms with van der Waals surface area (Å²) in [7, 11) is 0. The quantitative estimate of drug-likeness (QED) is 0.453. The molecule has 0 fully saturated rings. The van der Waals surface area contributed by atoms with E-state index in [1.54, 1.807) is 12.2 Å². The molecule has 1 N–H and O–H groups in total. The van der Waals surface area contributed by atoms with Crippen molar-refractivity contribution in [3.8, 4) is 0 Å². The molecule has 7 heteroatoms. The van der Waals surface area contributed by atoms with Crippen molar-refractivity contribution in [3.63, 3.8) is 0 Å². The van der Waals surface area contributed by atoms with Gasteiger partial charge in [0.1, 0.15) is 0 Å². The Morgan fingerprint density at radius 2 is 2.12 bits per heavy atom. The van der Waals surface area contributed by atoms with Gasteiger partial charge in [0.15, 0.2) is 5.16 Å². The van der Waals surface area contributed by atoms with Gasteiger partial charge in [0.2, 0.25) is 5.95 Å². The predicted molar refractivity (Wildman–Crippen MR) is 99.3 cm³/mol. The van der Waals surface area contributed by atoms with Crippen LogP contribution < -0.4 is 5.32 Å². The summed E-state index contributed by atoms with van der Waals surface area (Å²) >= 11 is 7.71. The molecule has 1 aromatic carbocycles. The number of thioether (sulfide) groups is 1. The summed E-state index contributed by atoms with van der Waals surface area (Å²) in [5.74, 6) is 0.889. The molecule has 0 aliphatic rings. The Morgan fingerprint density at radius 3 is 2.83 bits per heavy atom. The van der Waals surface area contributed by atoms with Gasteiger partial charge in [-0.1, -0.05) is 59.8 Å². The van der Waals surface area contributed by atoms with Gasteiger partial charge in [-0.15, -0.1) is 10.2 Å². The Morgan fingerprint density at radius 1 is 1.33 bits per heavy atom. The van der Waals surface area contributed by atoms with Gasteiger partial charge < -0.3 is 0 Å². The highest BCUT2D eigenvalue weighted by atomic mass is 35.5. The Kier molecular flexibility index (Phi) is 7.08. The highest BCUT2D eigenvalue weighted by molar-refractivity contribution is 7.98. The van der Waals surface area contributed by atoms with Crippen molar-refractivity contribution in [2.24, 2.45) is 0 Å². The zero-order chi connectivity index (χ0) is 17.4. The van der Waals surface area contributed by atoms with E-state index in [0.717, 1.165) is 15.7 Å². The average molecular weight is 363 g/mol. The molecule has 0 bridgehead atoms. The number of allylic oxidation sites excluding steroid dienone is 3. The summed E-state index contributed by atoms with van der Waals surface area (Å²) in [5, 5.41) is 12.4. The van der Waals surface area contributed by atoms with Gasteiger partial charge in [0.25, 0.3) is 5.91 Å². The lowest BCUT2D eigenvalue weighted by molar-refractivity contribution is -0.112. The maximum absolute atomic E-state index is 11.9. The second kappa shape index (κ2) is 9.30. The molecule has 24 heavy (non-hydrogen) atoms. The highest BCUT2D eigenvalue weighted by Crippen LogP contribution is 2.26. The lowest BCUT2D eigenvalue weighted by Crippen LogP contribution is -2.13. The summed E-state index contributed by atoms with van der Waals surface area (Å²) in [4.78, 5) is 11.9. The summed E-state index contributed by atoms with van der Waals surface area (Å²) in [6, 6.07) is 7.70. The number of halogens is 1. The monoisotopic (exact) mass is 362 g/mol. The number of nitrogens with one attached hydrogen (secondary N) is 1. The summed E-state index contributed by atoms with van der Waals surface area (Å²) in [6.07, 6.45) is 6.76. The van der Waals surface area contributed by atoms with Gasteiger partial charge >= 0.3 is 0 Å². The second-order valence-corrected chi connectivity index (χ2v) is 6.15. The van der Waals surface area contributed by atoms with Crippen LogP contribution >= 0.6 is 23.4 Å². The third-order valence-electron chi connectivity index (χ3n) is 3.13. The number of anilines is 1. The van der Waals surface area contributed by atoms with Crippen LogP contribution in [0, 0.1) is 0 Å². The third-order valence-corrected chi connectivity index (χ3v) is 4.52. The fourth-order valence-electron chi connectivity index (χ4n) is 1.94. The number of carbonyl (C=O) groups is 1. The summed E-state index contributed by atoms with van der Waals surface area (Å²) in [6.45, 7) is 4.53. The van der Waals surface area contributed by atoms with Crippen LogP contribution in [0.5, 0.6) is 0 Å². The first kappa shape index (κ1) is 18.3. The first-order valence-electron chi connectivity index (χ1n) is 7.55. The number of carbonyl (C=O) groups excluding carboxylic acids is 1. The van der Waals surface area contributed by atoms with Gasteiger partial charge in [-0.05, 0) is 25.5 Å². The van der Waals surface area contributed by atoms with Gasteiger partial charge in [0.05, 0.1) is 0 Å². The molecule has 0 unspecified atom stereocenters. The number of benzene rings is 1. The first-order valence-corrected chi connectivity index (χ1v) is 8.91. The molecule has 1 aromatic heterocycles. The second-order valence-electron chi connectivity index (χ2n) is 4.80. The molecule has 0 saturated heterocycles. The minimum atomic E-state index is -0.238. The van der Waals surface area contributed by atoms with Crippen LogP contribution in [-0.2, 0) is 17.1 Å². The number of amides is 1. The van der Waals surface area contributed by atoms with E-state index in [2.05, 4.69) is 15.5 Å². The van der Waals surface area contributed by atoms with E-state index in [0.29, 0.717) is 18.2 Å². The molecule has 2 aromatic rings. The van der Waals surface area contributed by atoms with Gasteiger partial charge in [-0.3, -0.25) is 14.7 Å². The molecule has 0 radical (unpaired) electrons. The largest absolute Gasteiger partial charge is 0.291 e. The van der Waals surface area contributed by atoms with Crippen LogP contribution in [0.25, 0.3) is 0 Å². The van der Waals surface area contributed by atoms with Crippen LogP contribution in [-0.4, -0.2) is 20.7 Å². The summed E-state index contributed by atoms with van der Waals surface area (Å²) < 4.78 is 1.86. The van der Waals surface area contributed by atoms with Crippen LogP contribution in [0.3, 0.4) is 0 Å². The van der Waals surface area contributed by atoms with Gasteiger partial charge in [-0.2, -0.15) is 0 Å². The number of nitrogens with zero attached hydrogens (tertiary/aromatic N) is 3. The first-order chi connectivity index (χ1) is 11.7.